The molecule has 19 heavy (non-hydrogen) atoms. The third kappa shape index (κ3) is 3.07. The minimum atomic E-state index is -0.454. The number of hydrogen-bond acceptors (Lipinski definition) is 3. The zero-order chi connectivity index (χ0) is 13.8. The zero-order valence-corrected chi connectivity index (χ0v) is 11.9. The molecule has 0 radical (unpaired) electrons. The minimum absolute atomic E-state index is 0.275. The smallest absolute Gasteiger partial charge is 0.319 e. The molecule has 1 aliphatic rings. The zero-order valence-electron chi connectivity index (χ0n) is 11.0. The van der Waals surface area contributed by atoms with Crippen LogP contribution in [0, 0.1) is 0 Å². The number of carbonyl (C=O) groups is 2. The number of aryl methyl sites for hydroxylation is 1. The standard InChI is InChI=1S/C13H19N3O2S/c1-2-7-15-13(18)16-12-10(11(14)17)8-5-3-4-6-9(8)19-12/h2-7H2,1H3,(H2,14,17)(H2,15,16,18). The average molecular weight is 281 g/mol. The van der Waals surface area contributed by atoms with Gasteiger partial charge in [0.1, 0.15) is 5.00 Å². The molecule has 0 bridgehead atoms. The molecule has 0 unspecified atom stereocenters. The Morgan fingerprint density at radius 1 is 1.32 bits per heavy atom. The highest BCUT2D eigenvalue weighted by Crippen LogP contribution is 2.37. The van der Waals surface area contributed by atoms with Crippen molar-refractivity contribution < 1.29 is 9.59 Å². The summed E-state index contributed by atoms with van der Waals surface area (Å²) in [6, 6.07) is -0.275. The second kappa shape index (κ2) is 6.06. The van der Waals surface area contributed by atoms with Gasteiger partial charge in [0.15, 0.2) is 0 Å². The Balaban J connectivity index is 2.22. The van der Waals surface area contributed by atoms with Crippen LogP contribution in [0.4, 0.5) is 9.80 Å². The van der Waals surface area contributed by atoms with Crippen LogP contribution < -0.4 is 16.4 Å². The van der Waals surface area contributed by atoms with Crippen LogP contribution in [0.2, 0.25) is 0 Å². The number of primary amides is 1. The van der Waals surface area contributed by atoms with Gasteiger partial charge in [-0.05, 0) is 37.7 Å². The number of amides is 3. The predicted molar refractivity (Wildman–Crippen MR) is 76.8 cm³/mol. The number of hydrogen-bond donors (Lipinski definition) is 3. The van der Waals surface area contributed by atoms with Crippen LogP contribution >= 0.6 is 11.3 Å². The summed E-state index contributed by atoms with van der Waals surface area (Å²) >= 11 is 1.48. The fourth-order valence-electron chi connectivity index (χ4n) is 2.30. The second-order valence-electron chi connectivity index (χ2n) is 4.66. The van der Waals surface area contributed by atoms with Crippen LogP contribution in [0.5, 0.6) is 0 Å². The molecule has 1 aromatic heterocycles. The summed E-state index contributed by atoms with van der Waals surface area (Å²) in [6.45, 7) is 2.60. The van der Waals surface area contributed by atoms with Gasteiger partial charge < -0.3 is 11.1 Å². The quantitative estimate of drug-likeness (QED) is 0.791. The summed E-state index contributed by atoms with van der Waals surface area (Å²) in [6.07, 6.45) is 4.93. The van der Waals surface area contributed by atoms with Crippen LogP contribution in [-0.2, 0) is 12.8 Å². The van der Waals surface area contributed by atoms with Crippen LogP contribution in [-0.4, -0.2) is 18.5 Å². The second-order valence-corrected chi connectivity index (χ2v) is 5.77. The van der Waals surface area contributed by atoms with Crippen molar-refractivity contribution >= 4 is 28.3 Å². The maximum atomic E-state index is 11.7. The molecule has 0 aliphatic heterocycles. The van der Waals surface area contributed by atoms with E-state index in [0.717, 1.165) is 37.7 Å². The fraction of sp³-hybridized carbons (Fsp3) is 0.538. The highest BCUT2D eigenvalue weighted by atomic mass is 32.1. The molecule has 3 amide bonds. The van der Waals surface area contributed by atoms with Crippen molar-refractivity contribution in [2.45, 2.75) is 39.0 Å². The number of anilines is 1. The molecule has 6 heteroatoms. The Kier molecular flexibility index (Phi) is 4.42. The maximum absolute atomic E-state index is 11.7. The normalized spacial score (nSPS) is 13.7. The van der Waals surface area contributed by atoms with E-state index >= 15 is 0 Å². The number of urea groups is 1. The summed E-state index contributed by atoms with van der Waals surface area (Å²) in [5.74, 6) is -0.454. The van der Waals surface area contributed by atoms with Gasteiger partial charge in [0.05, 0.1) is 5.56 Å². The lowest BCUT2D eigenvalue weighted by atomic mass is 9.95. The first-order valence-electron chi connectivity index (χ1n) is 6.62. The molecule has 5 nitrogen and oxygen atoms in total. The molecule has 0 atom stereocenters. The van der Waals surface area contributed by atoms with Crippen LogP contribution in [0.3, 0.4) is 0 Å². The number of carbonyl (C=O) groups excluding carboxylic acids is 2. The van der Waals surface area contributed by atoms with Gasteiger partial charge >= 0.3 is 6.03 Å². The molecule has 1 aliphatic carbocycles. The third-order valence-electron chi connectivity index (χ3n) is 3.18. The lowest BCUT2D eigenvalue weighted by Crippen LogP contribution is -2.29. The van der Waals surface area contributed by atoms with Crippen LogP contribution in [0.1, 0.15) is 47.0 Å². The summed E-state index contributed by atoms with van der Waals surface area (Å²) < 4.78 is 0. The first-order chi connectivity index (χ1) is 9.13. The van der Waals surface area contributed by atoms with Gasteiger partial charge in [-0.2, -0.15) is 0 Å². The van der Waals surface area contributed by atoms with E-state index in [1.807, 2.05) is 6.92 Å². The third-order valence-corrected chi connectivity index (χ3v) is 4.39. The topological polar surface area (TPSA) is 84.2 Å². The lowest BCUT2D eigenvalue weighted by molar-refractivity contribution is 0.100. The average Bonchev–Trinajstić information content (AvgIpc) is 2.74. The summed E-state index contributed by atoms with van der Waals surface area (Å²) in [7, 11) is 0. The van der Waals surface area contributed by atoms with E-state index in [9.17, 15) is 9.59 Å². The van der Waals surface area contributed by atoms with Crippen molar-refractivity contribution in [3.8, 4) is 0 Å². The molecule has 2 rings (SSSR count). The molecular formula is C13H19N3O2S. The van der Waals surface area contributed by atoms with Crippen molar-refractivity contribution in [3.63, 3.8) is 0 Å². The number of fused-ring (bicyclic) bond motifs is 1. The number of nitrogens with one attached hydrogen (secondary N) is 2. The van der Waals surface area contributed by atoms with Crippen molar-refractivity contribution in [2.75, 3.05) is 11.9 Å². The van der Waals surface area contributed by atoms with Gasteiger partial charge in [-0.15, -0.1) is 11.3 Å². The van der Waals surface area contributed by atoms with Gasteiger partial charge in [0.25, 0.3) is 5.91 Å². The van der Waals surface area contributed by atoms with E-state index in [2.05, 4.69) is 10.6 Å². The van der Waals surface area contributed by atoms with E-state index in [1.54, 1.807) is 0 Å². The molecular weight excluding hydrogens is 262 g/mol. The van der Waals surface area contributed by atoms with Gasteiger partial charge in [-0.25, -0.2) is 4.79 Å². The van der Waals surface area contributed by atoms with Gasteiger partial charge in [0.2, 0.25) is 0 Å². The summed E-state index contributed by atoms with van der Waals surface area (Å²) in [4.78, 5) is 24.5. The van der Waals surface area contributed by atoms with E-state index < -0.39 is 5.91 Å². The SMILES string of the molecule is CCCNC(=O)Nc1sc2c(c1C(N)=O)CCCC2. The van der Waals surface area contributed by atoms with Crippen molar-refractivity contribution in [2.24, 2.45) is 5.73 Å². The van der Waals surface area contributed by atoms with E-state index in [-0.39, 0.29) is 6.03 Å². The Labute approximate surface area is 116 Å². The molecule has 1 aromatic rings. The van der Waals surface area contributed by atoms with Crippen molar-refractivity contribution in [3.05, 3.63) is 16.0 Å². The fourth-order valence-corrected chi connectivity index (χ4v) is 3.59. The van der Waals surface area contributed by atoms with Gasteiger partial charge in [-0.3, -0.25) is 10.1 Å². The van der Waals surface area contributed by atoms with Gasteiger partial charge in [-0.1, -0.05) is 6.92 Å². The van der Waals surface area contributed by atoms with Crippen LogP contribution in [0.15, 0.2) is 0 Å². The molecule has 104 valence electrons. The number of thiophene rings is 1. The van der Waals surface area contributed by atoms with Crippen LogP contribution in [0.25, 0.3) is 0 Å². The summed E-state index contributed by atoms with van der Waals surface area (Å²) in [5.41, 5.74) is 7.00. The Morgan fingerprint density at radius 2 is 2.05 bits per heavy atom. The van der Waals surface area contributed by atoms with Crippen molar-refractivity contribution in [1.29, 1.82) is 0 Å². The molecule has 0 spiro atoms. The summed E-state index contributed by atoms with van der Waals surface area (Å²) in [5, 5.41) is 6.07. The predicted octanol–water partition coefficient (Wildman–Crippen LogP) is 2.26. The Bertz CT molecular complexity index is 496. The maximum Gasteiger partial charge on any atom is 0.319 e. The number of nitrogens with two attached hydrogens (primary N) is 1. The number of rotatable bonds is 4. The van der Waals surface area contributed by atoms with E-state index in [4.69, 9.17) is 5.73 Å². The van der Waals surface area contributed by atoms with Gasteiger partial charge in [0, 0.05) is 11.4 Å². The molecule has 0 fully saturated rings. The Morgan fingerprint density at radius 3 is 2.74 bits per heavy atom. The first kappa shape index (κ1) is 13.9. The van der Waals surface area contributed by atoms with E-state index in [0.29, 0.717) is 17.1 Å². The highest BCUT2D eigenvalue weighted by Gasteiger charge is 2.24. The molecule has 4 N–H and O–H groups in total. The molecule has 0 aromatic carbocycles. The molecule has 0 saturated heterocycles. The molecule has 0 saturated carbocycles. The highest BCUT2D eigenvalue weighted by molar-refractivity contribution is 7.17. The largest absolute Gasteiger partial charge is 0.365 e. The lowest BCUT2D eigenvalue weighted by Gasteiger charge is -2.11. The molecule has 1 heterocycles. The van der Waals surface area contributed by atoms with E-state index in [1.165, 1.54) is 16.2 Å². The van der Waals surface area contributed by atoms with Crippen molar-refractivity contribution in [1.82, 2.24) is 5.32 Å². The monoisotopic (exact) mass is 281 g/mol. The Hall–Kier alpha value is -1.56. The first-order valence-corrected chi connectivity index (χ1v) is 7.44. The minimum Gasteiger partial charge on any atom is -0.365 e.